The quantitative estimate of drug-likeness (QED) is 0.480. The summed E-state index contributed by atoms with van der Waals surface area (Å²) in [4.78, 5) is 53.4. The molecule has 4 amide bonds. The van der Waals surface area contributed by atoms with Crippen LogP contribution in [0.1, 0.15) is 80.1 Å². The Morgan fingerprint density at radius 1 is 1.21 bits per heavy atom. The van der Waals surface area contributed by atoms with E-state index in [0.717, 1.165) is 53.9 Å². The first-order valence-corrected chi connectivity index (χ1v) is 12.8. The summed E-state index contributed by atoms with van der Waals surface area (Å²) in [6, 6.07) is -0.519. The van der Waals surface area contributed by atoms with Crippen molar-refractivity contribution >= 4 is 40.2 Å². The van der Waals surface area contributed by atoms with E-state index in [-0.39, 0.29) is 19.1 Å². The third-order valence-electron chi connectivity index (χ3n) is 7.33. The van der Waals surface area contributed by atoms with Crippen LogP contribution in [0.3, 0.4) is 0 Å². The predicted molar refractivity (Wildman–Crippen MR) is 125 cm³/mol. The number of nitrogens with one attached hydrogen (secondary N) is 2. The second-order valence-corrected chi connectivity index (χ2v) is 10.7. The second kappa shape index (κ2) is 9.44. The number of rotatable bonds is 6. The first-order chi connectivity index (χ1) is 15.8. The van der Waals surface area contributed by atoms with Gasteiger partial charge in [-0.1, -0.05) is 20.3 Å². The minimum atomic E-state index is -0.878. The first-order valence-electron chi connectivity index (χ1n) is 12.0. The predicted octanol–water partition coefficient (Wildman–Crippen LogP) is 3.88. The Bertz CT molecular complexity index is 964. The fourth-order valence-corrected chi connectivity index (χ4v) is 6.72. The van der Waals surface area contributed by atoms with E-state index in [4.69, 9.17) is 4.74 Å². The first kappa shape index (κ1) is 23.7. The van der Waals surface area contributed by atoms with Crippen LogP contribution in [0.15, 0.2) is 0 Å². The molecule has 1 aliphatic heterocycles. The molecule has 1 aromatic rings. The lowest BCUT2D eigenvalue weighted by Gasteiger charge is -2.34. The molecule has 0 bridgehead atoms. The lowest BCUT2D eigenvalue weighted by molar-refractivity contribution is -0.135. The SMILES string of the molecule is CCOC(=O)c1c(NC(=O)CN2C(=O)NC3(CCC(CC)CC3)C2=O)sc2c1CCC(C)C2. The monoisotopic (exact) mass is 475 g/mol. The number of fused-ring (bicyclic) bond motifs is 1. The van der Waals surface area contributed by atoms with Crippen molar-refractivity contribution in [3.05, 3.63) is 16.0 Å². The van der Waals surface area contributed by atoms with Gasteiger partial charge in [-0.3, -0.25) is 14.5 Å². The third kappa shape index (κ3) is 4.52. The summed E-state index contributed by atoms with van der Waals surface area (Å²) in [5, 5.41) is 6.11. The molecule has 2 fully saturated rings. The van der Waals surface area contributed by atoms with Crippen LogP contribution >= 0.6 is 11.3 Å². The van der Waals surface area contributed by atoms with Crippen molar-refractivity contribution in [2.75, 3.05) is 18.5 Å². The summed E-state index contributed by atoms with van der Waals surface area (Å²) >= 11 is 1.40. The number of urea groups is 1. The maximum atomic E-state index is 13.1. The van der Waals surface area contributed by atoms with E-state index in [0.29, 0.717) is 35.2 Å². The molecule has 0 aromatic carbocycles. The van der Waals surface area contributed by atoms with Crippen molar-refractivity contribution in [3.8, 4) is 0 Å². The molecule has 1 atom stereocenters. The summed E-state index contributed by atoms with van der Waals surface area (Å²) in [5.41, 5.74) is 0.495. The van der Waals surface area contributed by atoms with Crippen LogP contribution in [-0.4, -0.2) is 47.4 Å². The highest BCUT2D eigenvalue weighted by Crippen LogP contribution is 2.40. The largest absolute Gasteiger partial charge is 0.462 e. The van der Waals surface area contributed by atoms with Crippen LogP contribution < -0.4 is 10.6 Å². The van der Waals surface area contributed by atoms with Crippen LogP contribution in [0.25, 0.3) is 0 Å². The number of carbonyl (C=O) groups is 4. The van der Waals surface area contributed by atoms with Gasteiger partial charge in [0.05, 0.1) is 12.2 Å². The van der Waals surface area contributed by atoms with Gasteiger partial charge in [-0.2, -0.15) is 0 Å². The van der Waals surface area contributed by atoms with E-state index in [9.17, 15) is 19.2 Å². The molecule has 1 saturated carbocycles. The zero-order chi connectivity index (χ0) is 23.8. The van der Waals surface area contributed by atoms with E-state index < -0.39 is 23.4 Å². The Labute approximate surface area is 198 Å². The van der Waals surface area contributed by atoms with E-state index in [2.05, 4.69) is 24.5 Å². The lowest BCUT2D eigenvalue weighted by Crippen LogP contribution is -2.49. The number of amides is 4. The van der Waals surface area contributed by atoms with Crippen molar-refractivity contribution in [1.29, 1.82) is 0 Å². The van der Waals surface area contributed by atoms with Crippen molar-refractivity contribution < 1.29 is 23.9 Å². The molecular weight excluding hydrogens is 442 g/mol. The van der Waals surface area contributed by atoms with E-state index in [1.807, 2.05) is 0 Å². The van der Waals surface area contributed by atoms with Crippen LogP contribution in [-0.2, 0) is 27.2 Å². The Balaban J connectivity index is 1.48. The molecule has 1 unspecified atom stereocenters. The number of carbonyl (C=O) groups excluding carboxylic acids is 4. The summed E-state index contributed by atoms with van der Waals surface area (Å²) in [7, 11) is 0. The Hall–Kier alpha value is -2.42. The molecular formula is C24H33N3O5S. The fraction of sp³-hybridized carbons (Fsp3) is 0.667. The van der Waals surface area contributed by atoms with E-state index >= 15 is 0 Å². The maximum Gasteiger partial charge on any atom is 0.341 e. The normalized spacial score (nSPS) is 26.8. The average Bonchev–Trinajstić information content (AvgIpc) is 3.24. The number of thiophene rings is 1. The van der Waals surface area contributed by atoms with Gasteiger partial charge in [-0.15, -0.1) is 11.3 Å². The standard InChI is InChI=1S/C24H33N3O5S/c1-4-15-8-10-24(11-9-15)22(30)27(23(31)26-24)13-18(28)25-20-19(21(29)32-5-2)16-7-6-14(3)12-17(16)33-20/h14-15H,4-13H2,1-3H3,(H,25,28)(H,26,31). The molecule has 33 heavy (non-hydrogen) atoms. The zero-order valence-corrected chi connectivity index (χ0v) is 20.4. The highest BCUT2D eigenvalue weighted by molar-refractivity contribution is 7.17. The molecule has 1 aromatic heterocycles. The van der Waals surface area contributed by atoms with Crippen LogP contribution in [0.2, 0.25) is 0 Å². The molecule has 2 N–H and O–H groups in total. The molecule has 4 rings (SSSR count). The number of ether oxygens (including phenoxy) is 1. The second-order valence-electron chi connectivity index (χ2n) is 9.58. The molecule has 2 aliphatic carbocycles. The van der Waals surface area contributed by atoms with Gasteiger partial charge in [0.25, 0.3) is 5.91 Å². The number of esters is 1. The molecule has 1 saturated heterocycles. The molecule has 2 heterocycles. The Kier molecular flexibility index (Phi) is 6.79. The van der Waals surface area contributed by atoms with Gasteiger partial charge in [0.1, 0.15) is 17.1 Å². The molecule has 3 aliphatic rings. The average molecular weight is 476 g/mol. The Morgan fingerprint density at radius 3 is 2.61 bits per heavy atom. The van der Waals surface area contributed by atoms with E-state index in [1.165, 1.54) is 11.3 Å². The number of hydrogen-bond donors (Lipinski definition) is 2. The fourth-order valence-electron chi connectivity index (χ4n) is 5.31. The summed E-state index contributed by atoms with van der Waals surface area (Å²) < 4.78 is 5.25. The highest BCUT2D eigenvalue weighted by Gasteiger charge is 2.52. The number of hydrogen-bond acceptors (Lipinski definition) is 6. The van der Waals surface area contributed by atoms with Gasteiger partial charge in [0.2, 0.25) is 5.91 Å². The number of imide groups is 1. The molecule has 8 nitrogen and oxygen atoms in total. The van der Waals surface area contributed by atoms with Crippen LogP contribution in [0.5, 0.6) is 0 Å². The van der Waals surface area contributed by atoms with Gasteiger partial charge in [0, 0.05) is 4.88 Å². The molecule has 9 heteroatoms. The highest BCUT2D eigenvalue weighted by atomic mass is 32.1. The van der Waals surface area contributed by atoms with Crippen LogP contribution in [0, 0.1) is 11.8 Å². The smallest absolute Gasteiger partial charge is 0.341 e. The topological polar surface area (TPSA) is 105 Å². The minimum Gasteiger partial charge on any atom is -0.462 e. The maximum absolute atomic E-state index is 13.1. The summed E-state index contributed by atoms with van der Waals surface area (Å²) in [5.74, 6) is -0.162. The minimum absolute atomic E-state index is 0.247. The lowest BCUT2D eigenvalue weighted by atomic mass is 9.75. The molecule has 0 radical (unpaired) electrons. The van der Waals surface area contributed by atoms with Gasteiger partial charge >= 0.3 is 12.0 Å². The van der Waals surface area contributed by atoms with Gasteiger partial charge in [-0.25, -0.2) is 9.59 Å². The summed E-state index contributed by atoms with van der Waals surface area (Å²) in [6.45, 7) is 5.94. The summed E-state index contributed by atoms with van der Waals surface area (Å²) in [6.07, 6.45) is 6.68. The van der Waals surface area contributed by atoms with Crippen molar-refractivity contribution in [1.82, 2.24) is 10.2 Å². The molecule has 1 spiro atoms. The number of anilines is 1. The Morgan fingerprint density at radius 2 is 1.94 bits per heavy atom. The molecule has 180 valence electrons. The van der Waals surface area contributed by atoms with Crippen LogP contribution in [0.4, 0.5) is 9.80 Å². The van der Waals surface area contributed by atoms with Gasteiger partial charge < -0.3 is 15.4 Å². The van der Waals surface area contributed by atoms with Gasteiger partial charge in [-0.05, 0) is 69.3 Å². The third-order valence-corrected chi connectivity index (χ3v) is 8.50. The number of nitrogens with zero attached hydrogens (tertiary/aromatic N) is 1. The zero-order valence-electron chi connectivity index (χ0n) is 19.6. The van der Waals surface area contributed by atoms with Gasteiger partial charge in [0.15, 0.2) is 0 Å². The van der Waals surface area contributed by atoms with Crippen molar-refractivity contribution in [2.45, 2.75) is 77.7 Å². The van der Waals surface area contributed by atoms with Crippen molar-refractivity contribution in [2.24, 2.45) is 11.8 Å². The van der Waals surface area contributed by atoms with Crippen molar-refractivity contribution in [3.63, 3.8) is 0 Å². The van der Waals surface area contributed by atoms with E-state index in [1.54, 1.807) is 6.92 Å².